The Morgan fingerprint density at radius 3 is 2.61 bits per heavy atom. The molecule has 2 aromatic carbocycles. The Morgan fingerprint density at radius 1 is 1.19 bits per heavy atom. The van der Waals surface area contributed by atoms with Crippen molar-refractivity contribution in [2.24, 2.45) is 5.92 Å². The van der Waals surface area contributed by atoms with E-state index in [4.69, 9.17) is 16.3 Å². The highest BCUT2D eigenvalue weighted by atomic mass is 35.5. The second-order valence-electron chi connectivity index (χ2n) is 7.89. The third-order valence-electron chi connectivity index (χ3n) is 5.77. The van der Waals surface area contributed by atoms with Gasteiger partial charge in [-0.15, -0.1) is 0 Å². The van der Waals surface area contributed by atoms with Crippen LogP contribution in [0, 0.1) is 19.8 Å². The molecule has 0 spiro atoms. The van der Waals surface area contributed by atoms with E-state index in [0.717, 1.165) is 16.8 Å². The van der Waals surface area contributed by atoms with Gasteiger partial charge in [-0.25, -0.2) is 8.42 Å². The van der Waals surface area contributed by atoms with Gasteiger partial charge < -0.3 is 9.64 Å². The predicted molar refractivity (Wildman–Crippen MR) is 123 cm³/mol. The molecule has 31 heavy (non-hydrogen) atoms. The van der Waals surface area contributed by atoms with Crippen LogP contribution in [0.3, 0.4) is 0 Å². The van der Waals surface area contributed by atoms with Gasteiger partial charge in [0.1, 0.15) is 10.6 Å². The number of halogens is 1. The van der Waals surface area contributed by atoms with E-state index >= 15 is 0 Å². The van der Waals surface area contributed by atoms with Crippen LogP contribution in [0.15, 0.2) is 41.3 Å². The molecular formula is C23H29ClN2O4S. The van der Waals surface area contributed by atoms with Gasteiger partial charge in [0.15, 0.2) is 0 Å². The molecule has 0 bridgehead atoms. The largest absolute Gasteiger partial charge is 0.492 e. The zero-order valence-electron chi connectivity index (χ0n) is 18.4. The molecule has 1 atom stereocenters. The minimum absolute atomic E-state index is 0.0393. The van der Waals surface area contributed by atoms with E-state index in [9.17, 15) is 13.2 Å². The summed E-state index contributed by atoms with van der Waals surface area (Å²) in [6.45, 7) is 6.66. The average molecular weight is 465 g/mol. The Kier molecular flexibility index (Phi) is 7.29. The van der Waals surface area contributed by atoms with Gasteiger partial charge >= 0.3 is 0 Å². The molecule has 0 saturated carbocycles. The van der Waals surface area contributed by atoms with Crippen molar-refractivity contribution in [2.75, 3.05) is 31.6 Å². The molecule has 0 aromatic heterocycles. The number of hydrogen-bond donors (Lipinski definition) is 0. The molecule has 2 aromatic rings. The highest BCUT2D eigenvalue weighted by Crippen LogP contribution is 2.33. The van der Waals surface area contributed by atoms with Crippen LogP contribution in [0.25, 0.3) is 0 Å². The van der Waals surface area contributed by atoms with Crippen molar-refractivity contribution in [3.8, 4) is 5.75 Å². The Balaban J connectivity index is 1.83. The van der Waals surface area contributed by atoms with Crippen molar-refractivity contribution >= 4 is 33.2 Å². The topological polar surface area (TPSA) is 66.9 Å². The van der Waals surface area contributed by atoms with Crippen LogP contribution in [0.2, 0.25) is 5.02 Å². The van der Waals surface area contributed by atoms with Crippen molar-refractivity contribution in [1.82, 2.24) is 4.31 Å². The first kappa shape index (κ1) is 23.6. The van der Waals surface area contributed by atoms with Crippen molar-refractivity contribution in [3.63, 3.8) is 0 Å². The van der Waals surface area contributed by atoms with Crippen LogP contribution in [0.4, 0.5) is 5.69 Å². The Labute approximate surface area is 189 Å². The second-order valence-corrected chi connectivity index (χ2v) is 10.2. The number of nitrogens with zero attached hydrogens (tertiary/aromatic N) is 2. The minimum atomic E-state index is -3.85. The number of carbonyl (C=O) groups excluding carboxylic acids is 1. The van der Waals surface area contributed by atoms with Crippen molar-refractivity contribution < 1.29 is 17.9 Å². The fourth-order valence-electron chi connectivity index (χ4n) is 3.79. The molecule has 168 valence electrons. The van der Waals surface area contributed by atoms with Gasteiger partial charge in [0.25, 0.3) is 0 Å². The fourth-order valence-corrected chi connectivity index (χ4v) is 5.71. The van der Waals surface area contributed by atoms with Crippen LogP contribution >= 0.6 is 11.6 Å². The number of piperidine rings is 1. The van der Waals surface area contributed by atoms with Gasteiger partial charge in [-0.1, -0.05) is 17.7 Å². The molecule has 1 aliphatic rings. The van der Waals surface area contributed by atoms with Gasteiger partial charge in [-0.05, 0) is 75.1 Å². The van der Waals surface area contributed by atoms with Crippen LogP contribution in [0.5, 0.6) is 5.75 Å². The molecule has 3 rings (SSSR count). The maximum absolute atomic E-state index is 13.4. The molecular weight excluding hydrogens is 436 g/mol. The lowest BCUT2D eigenvalue weighted by molar-refractivity contribution is -0.123. The number of anilines is 1. The standard InChI is InChI=1S/C23H29ClN2O4S/c1-5-30-21-11-9-19(24)14-22(21)31(28,29)26-12-6-7-18(15-26)23(27)25(4)20-10-8-16(2)17(3)13-20/h8-11,13-14,18H,5-7,12,15H2,1-4H3/t18-/m1/s1. The lowest BCUT2D eigenvalue weighted by atomic mass is 9.98. The van der Waals surface area contributed by atoms with Crippen LogP contribution in [-0.4, -0.2) is 45.4 Å². The number of rotatable bonds is 6. The van der Waals surface area contributed by atoms with Gasteiger partial charge in [-0.2, -0.15) is 4.31 Å². The Morgan fingerprint density at radius 2 is 1.94 bits per heavy atom. The molecule has 0 unspecified atom stereocenters. The van der Waals surface area contributed by atoms with Crippen molar-refractivity contribution in [3.05, 3.63) is 52.5 Å². The molecule has 8 heteroatoms. The first-order chi connectivity index (χ1) is 14.6. The minimum Gasteiger partial charge on any atom is -0.492 e. The molecule has 1 heterocycles. The number of aryl methyl sites for hydroxylation is 2. The lowest BCUT2D eigenvalue weighted by Crippen LogP contribution is -2.46. The summed E-state index contributed by atoms with van der Waals surface area (Å²) in [5.74, 6) is -0.225. The first-order valence-corrected chi connectivity index (χ1v) is 12.2. The predicted octanol–water partition coefficient (Wildman–Crippen LogP) is 4.42. The number of amides is 1. The lowest BCUT2D eigenvalue weighted by Gasteiger charge is -2.33. The summed E-state index contributed by atoms with van der Waals surface area (Å²) < 4.78 is 33.7. The molecule has 1 aliphatic heterocycles. The van der Waals surface area contributed by atoms with Gasteiger partial charge in [0.2, 0.25) is 15.9 Å². The number of sulfonamides is 1. The number of carbonyl (C=O) groups is 1. The summed E-state index contributed by atoms with van der Waals surface area (Å²) in [6, 6.07) is 10.5. The van der Waals surface area contributed by atoms with E-state index in [2.05, 4.69) is 0 Å². The van der Waals surface area contributed by atoms with Gasteiger partial charge in [0.05, 0.1) is 12.5 Å². The highest BCUT2D eigenvalue weighted by Gasteiger charge is 2.36. The van der Waals surface area contributed by atoms with Crippen molar-refractivity contribution in [2.45, 2.75) is 38.5 Å². The summed E-state index contributed by atoms with van der Waals surface area (Å²) >= 11 is 6.07. The van der Waals surface area contributed by atoms with E-state index in [1.807, 2.05) is 32.0 Å². The van der Waals surface area contributed by atoms with Crippen LogP contribution < -0.4 is 9.64 Å². The third kappa shape index (κ3) is 5.05. The number of hydrogen-bond acceptors (Lipinski definition) is 4. The van der Waals surface area contributed by atoms with Crippen LogP contribution in [0.1, 0.15) is 30.9 Å². The molecule has 1 saturated heterocycles. The highest BCUT2D eigenvalue weighted by molar-refractivity contribution is 7.89. The Bertz CT molecular complexity index is 1070. The maximum atomic E-state index is 13.4. The average Bonchev–Trinajstić information content (AvgIpc) is 2.76. The number of benzene rings is 2. The molecule has 6 nitrogen and oxygen atoms in total. The normalized spacial score (nSPS) is 17.4. The zero-order chi connectivity index (χ0) is 22.8. The smallest absolute Gasteiger partial charge is 0.246 e. The third-order valence-corrected chi connectivity index (χ3v) is 7.89. The molecule has 0 radical (unpaired) electrons. The second kappa shape index (κ2) is 9.59. The van der Waals surface area contributed by atoms with E-state index in [1.54, 1.807) is 31.0 Å². The first-order valence-electron chi connectivity index (χ1n) is 10.4. The summed E-state index contributed by atoms with van der Waals surface area (Å²) in [4.78, 5) is 14.8. The molecule has 0 N–H and O–H groups in total. The van der Waals surface area contributed by atoms with E-state index in [1.165, 1.54) is 10.4 Å². The quantitative estimate of drug-likeness (QED) is 0.634. The SMILES string of the molecule is CCOc1ccc(Cl)cc1S(=O)(=O)N1CCC[C@@H](C(=O)N(C)c2ccc(C)c(C)c2)C1. The molecule has 1 fully saturated rings. The summed E-state index contributed by atoms with van der Waals surface area (Å²) in [5.41, 5.74) is 3.07. The fraction of sp³-hybridized carbons (Fsp3) is 0.435. The summed E-state index contributed by atoms with van der Waals surface area (Å²) in [7, 11) is -2.11. The zero-order valence-corrected chi connectivity index (χ0v) is 20.0. The van der Waals surface area contributed by atoms with E-state index in [-0.39, 0.29) is 23.1 Å². The monoisotopic (exact) mass is 464 g/mol. The van der Waals surface area contributed by atoms with E-state index < -0.39 is 15.9 Å². The van der Waals surface area contributed by atoms with Gasteiger partial charge in [0, 0.05) is 30.8 Å². The molecule has 1 amide bonds. The summed E-state index contributed by atoms with van der Waals surface area (Å²) in [5, 5.41) is 0.320. The van der Waals surface area contributed by atoms with Crippen molar-refractivity contribution in [1.29, 1.82) is 0 Å². The summed E-state index contributed by atoms with van der Waals surface area (Å²) in [6.07, 6.45) is 1.26. The maximum Gasteiger partial charge on any atom is 0.246 e. The van der Waals surface area contributed by atoms with E-state index in [0.29, 0.717) is 31.0 Å². The Hall–Kier alpha value is -2.09. The number of ether oxygens (including phenoxy) is 1. The van der Waals surface area contributed by atoms with Gasteiger partial charge in [-0.3, -0.25) is 4.79 Å². The molecule has 0 aliphatic carbocycles. The van der Waals surface area contributed by atoms with Crippen LogP contribution in [-0.2, 0) is 14.8 Å².